The summed E-state index contributed by atoms with van der Waals surface area (Å²) in [5, 5.41) is 13.4. The van der Waals surface area contributed by atoms with Gasteiger partial charge in [-0.2, -0.15) is 0 Å². The zero-order valence-corrected chi connectivity index (χ0v) is 11.6. The topological polar surface area (TPSA) is 58.0 Å². The highest BCUT2D eigenvalue weighted by Crippen LogP contribution is 2.20. The standard InChI is InChI=1S/C13H14BrN3O/c1-13(18,10-5-3-2-4-6-10)9-17-12-15-7-11(14)8-16-12/h2-8,18H,9H2,1H3,(H,15,16,17). The SMILES string of the molecule is CC(O)(CNc1ncc(Br)cn1)c1ccccc1. The van der Waals surface area contributed by atoms with Crippen LogP contribution in [0.2, 0.25) is 0 Å². The van der Waals surface area contributed by atoms with Gasteiger partial charge in [0.1, 0.15) is 5.60 Å². The first-order valence-electron chi connectivity index (χ1n) is 5.57. The van der Waals surface area contributed by atoms with Gasteiger partial charge in [0.15, 0.2) is 0 Å². The maximum absolute atomic E-state index is 10.4. The molecule has 0 radical (unpaired) electrons. The third-order valence-corrected chi connectivity index (χ3v) is 3.02. The van der Waals surface area contributed by atoms with E-state index in [-0.39, 0.29) is 0 Å². The van der Waals surface area contributed by atoms with Gasteiger partial charge in [-0.1, -0.05) is 30.3 Å². The average molecular weight is 308 g/mol. The summed E-state index contributed by atoms with van der Waals surface area (Å²) < 4.78 is 0.822. The summed E-state index contributed by atoms with van der Waals surface area (Å²) in [5.74, 6) is 0.495. The molecule has 0 aliphatic carbocycles. The molecular weight excluding hydrogens is 294 g/mol. The molecule has 0 saturated carbocycles. The molecule has 0 saturated heterocycles. The van der Waals surface area contributed by atoms with Crippen LogP contribution in [0.4, 0.5) is 5.95 Å². The van der Waals surface area contributed by atoms with Gasteiger partial charge in [0.2, 0.25) is 5.95 Å². The number of anilines is 1. The van der Waals surface area contributed by atoms with Gasteiger partial charge in [-0.3, -0.25) is 0 Å². The maximum Gasteiger partial charge on any atom is 0.222 e. The van der Waals surface area contributed by atoms with E-state index in [9.17, 15) is 5.11 Å². The monoisotopic (exact) mass is 307 g/mol. The molecule has 94 valence electrons. The molecule has 2 rings (SSSR count). The van der Waals surface area contributed by atoms with Crippen LogP contribution in [0.1, 0.15) is 12.5 Å². The number of benzene rings is 1. The summed E-state index contributed by atoms with van der Waals surface area (Å²) in [6.45, 7) is 2.10. The fourth-order valence-electron chi connectivity index (χ4n) is 1.55. The highest BCUT2D eigenvalue weighted by atomic mass is 79.9. The molecule has 0 spiro atoms. The summed E-state index contributed by atoms with van der Waals surface area (Å²) >= 11 is 3.27. The number of halogens is 1. The Morgan fingerprint density at radius 1 is 1.22 bits per heavy atom. The van der Waals surface area contributed by atoms with Crippen molar-refractivity contribution in [1.29, 1.82) is 0 Å². The molecule has 1 atom stereocenters. The van der Waals surface area contributed by atoms with E-state index in [1.807, 2.05) is 30.3 Å². The summed E-state index contributed by atoms with van der Waals surface area (Å²) in [6, 6.07) is 9.51. The molecule has 0 aliphatic rings. The van der Waals surface area contributed by atoms with Gasteiger partial charge >= 0.3 is 0 Å². The Labute approximate surface area is 114 Å². The zero-order chi connectivity index (χ0) is 13.0. The Balaban J connectivity index is 2.03. The van der Waals surface area contributed by atoms with Gasteiger partial charge in [-0.05, 0) is 28.4 Å². The number of aliphatic hydroxyl groups is 1. The first-order valence-corrected chi connectivity index (χ1v) is 6.36. The van der Waals surface area contributed by atoms with Crippen LogP contribution in [0.25, 0.3) is 0 Å². The lowest BCUT2D eigenvalue weighted by Gasteiger charge is -2.24. The van der Waals surface area contributed by atoms with E-state index in [4.69, 9.17) is 0 Å². The van der Waals surface area contributed by atoms with E-state index < -0.39 is 5.60 Å². The number of nitrogens with one attached hydrogen (secondary N) is 1. The van der Waals surface area contributed by atoms with E-state index in [0.29, 0.717) is 12.5 Å². The number of hydrogen-bond donors (Lipinski definition) is 2. The fraction of sp³-hybridized carbons (Fsp3) is 0.231. The number of hydrogen-bond acceptors (Lipinski definition) is 4. The third kappa shape index (κ3) is 3.27. The number of nitrogens with zero attached hydrogens (tertiary/aromatic N) is 2. The minimum Gasteiger partial charge on any atom is -0.384 e. The molecule has 0 fully saturated rings. The molecule has 4 nitrogen and oxygen atoms in total. The lowest BCUT2D eigenvalue weighted by atomic mass is 9.96. The Kier molecular flexibility index (Phi) is 3.93. The molecular formula is C13H14BrN3O. The largest absolute Gasteiger partial charge is 0.384 e. The number of aromatic nitrogens is 2. The summed E-state index contributed by atoms with van der Waals surface area (Å²) in [5.41, 5.74) is -0.104. The van der Waals surface area contributed by atoms with Gasteiger partial charge in [-0.15, -0.1) is 0 Å². The van der Waals surface area contributed by atoms with E-state index in [0.717, 1.165) is 10.0 Å². The molecule has 1 unspecified atom stereocenters. The predicted molar refractivity (Wildman–Crippen MR) is 74.2 cm³/mol. The highest BCUT2D eigenvalue weighted by molar-refractivity contribution is 9.10. The second-order valence-electron chi connectivity index (χ2n) is 4.22. The van der Waals surface area contributed by atoms with Gasteiger partial charge in [-0.25, -0.2) is 9.97 Å². The van der Waals surface area contributed by atoms with Crippen LogP contribution in [0.15, 0.2) is 47.2 Å². The molecule has 5 heteroatoms. The van der Waals surface area contributed by atoms with Crippen molar-refractivity contribution in [3.05, 3.63) is 52.8 Å². The minimum atomic E-state index is -0.961. The molecule has 2 aromatic rings. The quantitative estimate of drug-likeness (QED) is 0.911. The van der Waals surface area contributed by atoms with Crippen molar-refractivity contribution in [2.24, 2.45) is 0 Å². The normalized spacial score (nSPS) is 13.9. The molecule has 0 bridgehead atoms. The Morgan fingerprint density at radius 3 is 2.44 bits per heavy atom. The summed E-state index contributed by atoms with van der Waals surface area (Å²) in [7, 11) is 0. The van der Waals surface area contributed by atoms with Crippen molar-refractivity contribution in [3.63, 3.8) is 0 Å². The first-order chi connectivity index (χ1) is 8.58. The molecule has 1 heterocycles. The zero-order valence-electron chi connectivity index (χ0n) is 9.97. The van der Waals surface area contributed by atoms with Crippen LogP contribution in [0.3, 0.4) is 0 Å². The van der Waals surface area contributed by atoms with Gasteiger partial charge in [0.25, 0.3) is 0 Å². The van der Waals surface area contributed by atoms with Crippen LogP contribution >= 0.6 is 15.9 Å². The molecule has 1 aromatic heterocycles. The Morgan fingerprint density at radius 2 is 1.83 bits per heavy atom. The van der Waals surface area contributed by atoms with E-state index in [2.05, 4.69) is 31.2 Å². The average Bonchev–Trinajstić information content (AvgIpc) is 2.39. The van der Waals surface area contributed by atoms with E-state index >= 15 is 0 Å². The van der Waals surface area contributed by atoms with E-state index in [1.165, 1.54) is 0 Å². The Bertz CT molecular complexity index is 499. The van der Waals surface area contributed by atoms with Crippen LogP contribution in [0.5, 0.6) is 0 Å². The van der Waals surface area contributed by atoms with Crippen molar-refractivity contribution < 1.29 is 5.11 Å². The van der Waals surface area contributed by atoms with Crippen LogP contribution in [-0.2, 0) is 5.60 Å². The van der Waals surface area contributed by atoms with Crippen LogP contribution in [0, 0.1) is 0 Å². The third-order valence-electron chi connectivity index (χ3n) is 2.61. The van der Waals surface area contributed by atoms with Crippen molar-refractivity contribution in [3.8, 4) is 0 Å². The van der Waals surface area contributed by atoms with Crippen molar-refractivity contribution in [2.45, 2.75) is 12.5 Å². The van der Waals surface area contributed by atoms with Gasteiger partial charge in [0.05, 0.1) is 11.0 Å². The maximum atomic E-state index is 10.4. The molecule has 0 aliphatic heterocycles. The van der Waals surface area contributed by atoms with Crippen LogP contribution in [-0.4, -0.2) is 21.6 Å². The second kappa shape index (κ2) is 5.46. The smallest absolute Gasteiger partial charge is 0.222 e. The molecule has 18 heavy (non-hydrogen) atoms. The van der Waals surface area contributed by atoms with Gasteiger partial charge in [0, 0.05) is 12.4 Å². The van der Waals surface area contributed by atoms with Gasteiger partial charge < -0.3 is 10.4 Å². The first kappa shape index (κ1) is 13.0. The summed E-state index contributed by atoms with van der Waals surface area (Å²) in [6.07, 6.45) is 3.32. The second-order valence-corrected chi connectivity index (χ2v) is 5.13. The lowest BCUT2D eigenvalue weighted by Crippen LogP contribution is -2.31. The Hall–Kier alpha value is -1.46. The molecule has 0 amide bonds. The molecule has 2 N–H and O–H groups in total. The molecule has 1 aromatic carbocycles. The summed E-state index contributed by atoms with van der Waals surface area (Å²) in [4.78, 5) is 8.19. The fourth-order valence-corrected chi connectivity index (χ4v) is 1.76. The van der Waals surface area contributed by atoms with Crippen molar-refractivity contribution in [1.82, 2.24) is 9.97 Å². The van der Waals surface area contributed by atoms with Crippen molar-refractivity contribution >= 4 is 21.9 Å². The van der Waals surface area contributed by atoms with E-state index in [1.54, 1.807) is 19.3 Å². The van der Waals surface area contributed by atoms with Crippen molar-refractivity contribution in [2.75, 3.05) is 11.9 Å². The van der Waals surface area contributed by atoms with Crippen LogP contribution < -0.4 is 5.32 Å². The highest BCUT2D eigenvalue weighted by Gasteiger charge is 2.22. The number of rotatable bonds is 4. The minimum absolute atomic E-state index is 0.346. The lowest BCUT2D eigenvalue weighted by molar-refractivity contribution is 0.0713. The predicted octanol–water partition coefficient (Wildman–Crippen LogP) is 2.56.